The summed E-state index contributed by atoms with van der Waals surface area (Å²) in [7, 11) is 0. The molecule has 1 aliphatic heterocycles. The molecule has 0 bridgehead atoms. The molecule has 5 rings (SSSR count). The number of hydrogen-bond donors (Lipinski definition) is 0. The molecule has 0 unspecified atom stereocenters. The van der Waals surface area contributed by atoms with Crippen LogP contribution in [-0.2, 0) is 6.54 Å². The van der Waals surface area contributed by atoms with Gasteiger partial charge < -0.3 is 4.90 Å². The minimum absolute atomic E-state index is 0.0866. The Morgan fingerprint density at radius 2 is 2.00 bits per heavy atom. The van der Waals surface area contributed by atoms with Crippen molar-refractivity contribution in [3.8, 4) is 0 Å². The molecule has 9 heteroatoms. The van der Waals surface area contributed by atoms with Gasteiger partial charge in [-0.1, -0.05) is 23.4 Å². The zero-order chi connectivity index (χ0) is 17.5. The maximum absolute atomic E-state index is 12.7. The summed E-state index contributed by atoms with van der Waals surface area (Å²) in [6.07, 6.45) is 5.16. The molecule has 0 spiro atoms. The van der Waals surface area contributed by atoms with Crippen LogP contribution in [0.4, 0.5) is 0 Å². The highest BCUT2D eigenvalue weighted by atomic mass is 32.1. The Balaban J connectivity index is 1.24. The smallest absolute Gasteiger partial charge is 0.264 e. The van der Waals surface area contributed by atoms with E-state index in [1.807, 2.05) is 46.1 Å². The summed E-state index contributed by atoms with van der Waals surface area (Å²) in [6.45, 7) is 1.79. The lowest BCUT2D eigenvalue weighted by molar-refractivity contribution is 0.0503. The van der Waals surface area contributed by atoms with E-state index in [2.05, 4.69) is 20.5 Å². The first kappa shape index (κ1) is 15.2. The van der Waals surface area contributed by atoms with E-state index in [1.165, 1.54) is 0 Å². The summed E-state index contributed by atoms with van der Waals surface area (Å²) in [4.78, 5) is 16.9. The van der Waals surface area contributed by atoms with Crippen molar-refractivity contribution in [3.05, 3.63) is 59.5 Å². The third-order valence-electron chi connectivity index (χ3n) is 4.49. The third kappa shape index (κ3) is 2.66. The van der Waals surface area contributed by atoms with Crippen molar-refractivity contribution in [1.82, 2.24) is 34.9 Å². The van der Waals surface area contributed by atoms with Gasteiger partial charge >= 0.3 is 0 Å². The Kier molecular flexibility index (Phi) is 3.52. The van der Waals surface area contributed by atoms with Gasteiger partial charge in [0.05, 0.1) is 29.5 Å². The number of nitrogens with zero attached hydrogens (tertiary/aromatic N) is 7. The number of carbonyl (C=O) groups excluding carboxylic acids is 1. The summed E-state index contributed by atoms with van der Waals surface area (Å²) in [5.74, 6) is 0.0866. The lowest BCUT2D eigenvalue weighted by Crippen LogP contribution is -2.50. The summed E-state index contributed by atoms with van der Waals surface area (Å²) >= 11 is 1.54. The molecule has 1 saturated heterocycles. The molecule has 1 amide bonds. The number of hydrogen-bond acceptors (Lipinski definition) is 6. The van der Waals surface area contributed by atoms with Crippen LogP contribution in [0.1, 0.15) is 21.4 Å². The second-order valence-corrected chi connectivity index (χ2v) is 7.35. The van der Waals surface area contributed by atoms with Gasteiger partial charge in [-0.05, 0) is 17.5 Å². The molecular weight excluding hydrogens is 350 g/mol. The van der Waals surface area contributed by atoms with Crippen LogP contribution in [0.25, 0.3) is 10.1 Å². The van der Waals surface area contributed by atoms with Gasteiger partial charge in [0.15, 0.2) is 0 Å². The lowest BCUT2D eigenvalue weighted by Gasteiger charge is -2.38. The topological polar surface area (TPSA) is 81.7 Å². The standard InChI is InChI=1S/C17H15N7OS/c25-17(16-7-12-3-1-2-4-15(12)26-16)22-10-14(11-22)23-8-13(20-21-23)9-24-18-5-6-19-24/h1-8,14H,9-11H2. The molecule has 1 aliphatic rings. The number of fused-ring (bicyclic) bond motifs is 1. The van der Waals surface area contributed by atoms with E-state index in [-0.39, 0.29) is 11.9 Å². The summed E-state index contributed by atoms with van der Waals surface area (Å²) < 4.78 is 2.97. The highest BCUT2D eigenvalue weighted by Crippen LogP contribution is 2.29. The number of thiophene rings is 1. The molecule has 1 fully saturated rings. The van der Waals surface area contributed by atoms with Crippen molar-refractivity contribution >= 4 is 27.3 Å². The largest absolute Gasteiger partial charge is 0.334 e. The first-order valence-electron chi connectivity index (χ1n) is 8.29. The monoisotopic (exact) mass is 365 g/mol. The number of amides is 1. The van der Waals surface area contributed by atoms with E-state index < -0.39 is 0 Å². The van der Waals surface area contributed by atoms with Crippen LogP contribution in [0.5, 0.6) is 0 Å². The van der Waals surface area contributed by atoms with E-state index in [4.69, 9.17) is 0 Å². The Morgan fingerprint density at radius 3 is 2.81 bits per heavy atom. The predicted octanol–water partition coefficient (Wildman–Crippen LogP) is 1.83. The molecule has 0 aliphatic carbocycles. The van der Waals surface area contributed by atoms with Gasteiger partial charge in [-0.15, -0.1) is 16.4 Å². The van der Waals surface area contributed by atoms with E-state index in [0.29, 0.717) is 19.6 Å². The van der Waals surface area contributed by atoms with Gasteiger partial charge in [-0.3, -0.25) is 4.79 Å². The van der Waals surface area contributed by atoms with Gasteiger partial charge in [0, 0.05) is 17.8 Å². The van der Waals surface area contributed by atoms with Gasteiger partial charge in [0.25, 0.3) is 5.91 Å². The van der Waals surface area contributed by atoms with Gasteiger partial charge in [0.1, 0.15) is 12.2 Å². The third-order valence-corrected chi connectivity index (χ3v) is 5.59. The zero-order valence-corrected chi connectivity index (χ0v) is 14.6. The van der Waals surface area contributed by atoms with Crippen molar-refractivity contribution in [2.24, 2.45) is 0 Å². The van der Waals surface area contributed by atoms with Crippen molar-refractivity contribution in [3.63, 3.8) is 0 Å². The van der Waals surface area contributed by atoms with Gasteiger partial charge in [0.2, 0.25) is 0 Å². The minimum Gasteiger partial charge on any atom is -0.334 e. The van der Waals surface area contributed by atoms with Crippen LogP contribution in [0.2, 0.25) is 0 Å². The molecule has 4 aromatic rings. The number of aromatic nitrogens is 6. The predicted molar refractivity (Wildman–Crippen MR) is 95.9 cm³/mol. The zero-order valence-electron chi connectivity index (χ0n) is 13.8. The molecule has 26 heavy (non-hydrogen) atoms. The SMILES string of the molecule is O=C(c1cc2ccccc2s1)N1CC(n2cc(Cn3nccn3)nn2)C1. The average molecular weight is 365 g/mol. The Labute approximate surface area is 152 Å². The number of carbonyl (C=O) groups is 1. The molecule has 8 nitrogen and oxygen atoms in total. The van der Waals surface area contributed by atoms with E-state index in [0.717, 1.165) is 20.7 Å². The second kappa shape index (κ2) is 6.03. The van der Waals surface area contributed by atoms with E-state index >= 15 is 0 Å². The van der Waals surface area contributed by atoms with Crippen molar-refractivity contribution < 1.29 is 4.79 Å². The Morgan fingerprint density at radius 1 is 1.19 bits per heavy atom. The van der Waals surface area contributed by atoms with Crippen molar-refractivity contribution in [1.29, 1.82) is 0 Å². The normalized spacial score (nSPS) is 14.7. The molecule has 0 radical (unpaired) electrons. The molecule has 0 N–H and O–H groups in total. The highest BCUT2D eigenvalue weighted by Gasteiger charge is 2.34. The van der Waals surface area contributed by atoms with Crippen LogP contribution in [0.15, 0.2) is 48.9 Å². The van der Waals surface area contributed by atoms with Gasteiger partial charge in [-0.2, -0.15) is 15.0 Å². The van der Waals surface area contributed by atoms with Crippen LogP contribution in [0, 0.1) is 0 Å². The molecule has 130 valence electrons. The summed E-state index contributed by atoms with van der Waals surface area (Å²) in [6, 6.07) is 10.2. The van der Waals surface area contributed by atoms with Gasteiger partial charge in [-0.25, -0.2) is 4.68 Å². The average Bonchev–Trinajstić information content (AvgIpc) is 3.34. The lowest BCUT2D eigenvalue weighted by atomic mass is 10.1. The number of rotatable bonds is 4. The molecule has 1 aromatic carbocycles. The molecule has 0 atom stereocenters. The number of likely N-dealkylation sites (tertiary alicyclic amines) is 1. The minimum atomic E-state index is 0.0866. The van der Waals surface area contributed by atoms with Crippen LogP contribution < -0.4 is 0 Å². The maximum atomic E-state index is 12.7. The molecule has 4 heterocycles. The first-order valence-corrected chi connectivity index (χ1v) is 9.10. The van der Waals surface area contributed by atoms with Crippen molar-refractivity contribution in [2.75, 3.05) is 13.1 Å². The van der Waals surface area contributed by atoms with Crippen molar-refractivity contribution in [2.45, 2.75) is 12.6 Å². The van der Waals surface area contributed by atoms with Crippen LogP contribution >= 0.6 is 11.3 Å². The quantitative estimate of drug-likeness (QED) is 0.551. The number of benzene rings is 1. The molecular formula is C17H15N7OS. The fourth-order valence-electron chi connectivity index (χ4n) is 3.07. The molecule has 3 aromatic heterocycles. The summed E-state index contributed by atoms with van der Waals surface area (Å²) in [5, 5.41) is 17.6. The Hall–Kier alpha value is -3.07. The molecule has 0 saturated carbocycles. The van der Waals surface area contributed by atoms with E-state index in [1.54, 1.807) is 28.5 Å². The first-order chi connectivity index (χ1) is 12.8. The fourth-order valence-corrected chi connectivity index (χ4v) is 4.10. The second-order valence-electron chi connectivity index (χ2n) is 6.26. The Bertz CT molecular complexity index is 1030. The highest BCUT2D eigenvalue weighted by molar-refractivity contribution is 7.20. The van der Waals surface area contributed by atoms with Crippen LogP contribution in [0.3, 0.4) is 0 Å². The fraction of sp³-hybridized carbons (Fsp3) is 0.235. The summed E-state index contributed by atoms with van der Waals surface area (Å²) in [5.41, 5.74) is 0.801. The van der Waals surface area contributed by atoms with Crippen LogP contribution in [-0.4, -0.2) is 53.9 Å². The maximum Gasteiger partial charge on any atom is 0.264 e. The van der Waals surface area contributed by atoms with E-state index in [9.17, 15) is 4.79 Å².